The van der Waals surface area contributed by atoms with Crippen molar-refractivity contribution in [2.45, 2.75) is 46.4 Å². The van der Waals surface area contributed by atoms with Crippen LogP contribution in [0.1, 0.15) is 37.7 Å². The summed E-state index contributed by atoms with van der Waals surface area (Å²) in [5.41, 5.74) is 0.0569. The third kappa shape index (κ3) is 3.87. The Kier molecular flexibility index (Phi) is 5.48. The van der Waals surface area contributed by atoms with Gasteiger partial charge in [0.15, 0.2) is 0 Å². The SMILES string of the molecule is CCC(C)n1c(=O)cc(C)n(Cc2cccc(OC(F)F)n2)c1=O. The summed E-state index contributed by atoms with van der Waals surface area (Å²) in [7, 11) is 0. The Hall–Kier alpha value is -2.51. The summed E-state index contributed by atoms with van der Waals surface area (Å²) in [4.78, 5) is 28.7. The number of aromatic nitrogens is 3. The molecule has 1 atom stereocenters. The normalized spacial score (nSPS) is 12.4. The summed E-state index contributed by atoms with van der Waals surface area (Å²) in [6.45, 7) is 2.40. The first kappa shape index (κ1) is 17.8. The molecule has 0 amide bonds. The number of hydrogen-bond acceptors (Lipinski definition) is 4. The maximum atomic E-state index is 12.6. The van der Waals surface area contributed by atoms with Crippen molar-refractivity contribution in [3.05, 3.63) is 56.5 Å². The van der Waals surface area contributed by atoms with Crippen LogP contribution in [0.4, 0.5) is 8.78 Å². The first-order valence-electron chi connectivity index (χ1n) is 7.57. The van der Waals surface area contributed by atoms with Gasteiger partial charge >= 0.3 is 12.3 Å². The van der Waals surface area contributed by atoms with E-state index >= 15 is 0 Å². The van der Waals surface area contributed by atoms with Gasteiger partial charge in [-0.05, 0) is 26.3 Å². The Morgan fingerprint density at radius 3 is 2.62 bits per heavy atom. The molecule has 2 heterocycles. The van der Waals surface area contributed by atoms with E-state index in [9.17, 15) is 18.4 Å². The van der Waals surface area contributed by atoms with Crippen LogP contribution >= 0.6 is 0 Å². The number of hydrogen-bond donors (Lipinski definition) is 0. The molecular formula is C16H19F2N3O3. The fourth-order valence-corrected chi connectivity index (χ4v) is 2.35. The van der Waals surface area contributed by atoms with Gasteiger partial charge in [-0.1, -0.05) is 13.0 Å². The third-order valence-corrected chi connectivity index (χ3v) is 3.78. The molecule has 0 aliphatic rings. The molecule has 0 bridgehead atoms. The highest BCUT2D eigenvalue weighted by molar-refractivity contribution is 5.17. The van der Waals surface area contributed by atoms with E-state index in [4.69, 9.17) is 0 Å². The lowest BCUT2D eigenvalue weighted by atomic mass is 10.2. The van der Waals surface area contributed by atoms with E-state index < -0.39 is 12.3 Å². The van der Waals surface area contributed by atoms with Gasteiger partial charge in [0.05, 0.1) is 12.2 Å². The van der Waals surface area contributed by atoms with Crippen LogP contribution < -0.4 is 16.0 Å². The Labute approximate surface area is 137 Å². The molecule has 0 spiro atoms. The average molecular weight is 339 g/mol. The summed E-state index contributed by atoms with van der Waals surface area (Å²) in [6.07, 6.45) is 0.633. The van der Waals surface area contributed by atoms with Crippen molar-refractivity contribution in [2.24, 2.45) is 0 Å². The van der Waals surface area contributed by atoms with Gasteiger partial charge < -0.3 is 4.74 Å². The fraction of sp³-hybridized carbons (Fsp3) is 0.438. The Morgan fingerprint density at radius 2 is 2.00 bits per heavy atom. The number of alkyl halides is 2. The lowest BCUT2D eigenvalue weighted by molar-refractivity contribution is -0.0529. The van der Waals surface area contributed by atoms with E-state index in [1.165, 1.54) is 27.3 Å². The minimum Gasteiger partial charge on any atom is -0.417 e. The standard InChI is InChI=1S/C16H19F2N3O3/c1-4-10(2)21-14(22)8-11(3)20(16(21)23)9-12-6-5-7-13(19-12)24-15(17)18/h5-8,10,15H,4,9H2,1-3H3. The molecule has 0 aliphatic carbocycles. The monoisotopic (exact) mass is 339 g/mol. The highest BCUT2D eigenvalue weighted by atomic mass is 19.3. The van der Waals surface area contributed by atoms with E-state index in [1.54, 1.807) is 19.9 Å². The van der Waals surface area contributed by atoms with Crippen LogP contribution in [-0.4, -0.2) is 20.7 Å². The molecule has 0 saturated carbocycles. The highest BCUT2D eigenvalue weighted by Gasteiger charge is 2.14. The molecule has 0 aliphatic heterocycles. The Bertz CT molecular complexity index is 830. The predicted molar refractivity (Wildman–Crippen MR) is 84.7 cm³/mol. The summed E-state index contributed by atoms with van der Waals surface area (Å²) in [5.74, 6) is -0.219. The number of halogens is 2. The zero-order valence-corrected chi connectivity index (χ0v) is 13.7. The number of aryl methyl sites for hydroxylation is 1. The van der Waals surface area contributed by atoms with Crippen LogP contribution in [0.5, 0.6) is 5.88 Å². The van der Waals surface area contributed by atoms with Gasteiger partial charge in [-0.15, -0.1) is 0 Å². The summed E-state index contributed by atoms with van der Waals surface area (Å²) < 4.78 is 31.4. The van der Waals surface area contributed by atoms with Crippen LogP contribution in [0.2, 0.25) is 0 Å². The Balaban J connectivity index is 2.43. The second kappa shape index (κ2) is 7.37. The van der Waals surface area contributed by atoms with Gasteiger partial charge in [0.1, 0.15) is 0 Å². The molecule has 0 fully saturated rings. The Morgan fingerprint density at radius 1 is 1.29 bits per heavy atom. The van der Waals surface area contributed by atoms with Gasteiger partial charge in [0.2, 0.25) is 5.88 Å². The topological polar surface area (TPSA) is 66.1 Å². The third-order valence-electron chi connectivity index (χ3n) is 3.78. The minimum atomic E-state index is -2.97. The molecular weight excluding hydrogens is 320 g/mol. The van der Waals surface area contributed by atoms with Crippen molar-refractivity contribution < 1.29 is 13.5 Å². The van der Waals surface area contributed by atoms with Crippen LogP contribution in [0.3, 0.4) is 0 Å². The molecule has 24 heavy (non-hydrogen) atoms. The molecule has 8 heteroatoms. The van der Waals surface area contributed by atoms with Crippen LogP contribution in [-0.2, 0) is 6.54 Å². The number of rotatable bonds is 6. The van der Waals surface area contributed by atoms with E-state index in [0.29, 0.717) is 17.8 Å². The van der Waals surface area contributed by atoms with Gasteiger partial charge in [0.25, 0.3) is 5.56 Å². The molecule has 2 rings (SSSR count). The molecule has 6 nitrogen and oxygen atoms in total. The molecule has 2 aromatic heterocycles. The average Bonchev–Trinajstić information content (AvgIpc) is 2.50. The second-order valence-electron chi connectivity index (χ2n) is 5.47. The molecule has 0 saturated heterocycles. The number of nitrogens with zero attached hydrogens (tertiary/aromatic N) is 3. The zero-order chi connectivity index (χ0) is 17.9. The first-order valence-corrected chi connectivity index (χ1v) is 7.57. The van der Waals surface area contributed by atoms with Crippen molar-refractivity contribution >= 4 is 0 Å². The smallest absolute Gasteiger partial charge is 0.388 e. The fourth-order valence-electron chi connectivity index (χ4n) is 2.35. The molecule has 0 aromatic carbocycles. The summed E-state index contributed by atoms with van der Waals surface area (Å²) in [6, 6.07) is 5.57. The largest absolute Gasteiger partial charge is 0.417 e. The number of ether oxygens (including phenoxy) is 1. The number of pyridine rings is 1. The van der Waals surface area contributed by atoms with Crippen LogP contribution in [0, 0.1) is 6.92 Å². The van der Waals surface area contributed by atoms with Gasteiger partial charge in [-0.3, -0.25) is 13.9 Å². The van der Waals surface area contributed by atoms with E-state index in [0.717, 1.165) is 0 Å². The summed E-state index contributed by atoms with van der Waals surface area (Å²) >= 11 is 0. The maximum absolute atomic E-state index is 12.6. The first-order chi connectivity index (χ1) is 11.3. The van der Waals surface area contributed by atoms with E-state index in [1.807, 2.05) is 6.92 Å². The maximum Gasteiger partial charge on any atom is 0.388 e. The molecule has 0 N–H and O–H groups in total. The lowest BCUT2D eigenvalue weighted by Crippen LogP contribution is -2.42. The van der Waals surface area contributed by atoms with Crippen molar-refractivity contribution in [3.8, 4) is 5.88 Å². The van der Waals surface area contributed by atoms with Gasteiger partial charge in [-0.2, -0.15) is 8.78 Å². The van der Waals surface area contributed by atoms with Gasteiger partial charge in [-0.25, -0.2) is 9.78 Å². The van der Waals surface area contributed by atoms with Crippen molar-refractivity contribution in [3.63, 3.8) is 0 Å². The molecule has 0 radical (unpaired) electrons. The van der Waals surface area contributed by atoms with Crippen LogP contribution in [0.15, 0.2) is 33.9 Å². The van der Waals surface area contributed by atoms with Crippen molar-refractivity contribution in [2.75, 3.05) is 0 Å². The van der Waals surface area contributed by atoms with E-state index in [2.05, 4.69) is 9.72 Å². The van der Waals surface area contributed by atoms with Crippen LogP contribution in [0.25, 0.3) is 0 Å². The molecule has 2 aromatic rings. The van der Waals surface area contributed by atoms with Gasteiger partial charge in [0, 0.05) is 23.9 Å². The van der Waals surface area contributed by atoms with E-state index in [-0.39, 0.29) is 24.0 Å². The second-order valence-corrected chi connectivity index (χ2v) is 5.47. The predicted octanol–water partition coefficient (Wildman–Crippen LogP) is 2.33. The van der Waals surface area contributed by atoms with Crippen molar-refractivity contribution in [1.82, 2.24) is 14.1 Å². The zero-order valence-electron chi connectivity index (χ0n) is 13.7. The minimum absolute atomic E-state index is 0.0574. The summed E-state index contributed by atoms with van der Waals surface area (Å²) in [5, 5.41) is 0. The van der Waals surface area contributed by atoms with Crippen molar-refractivity contribution in [1.29, 1.82) is 0 Å². The quantitative estimate of drug-likeness (QED) is 0.810. The molecule has 130 valence electrons. The molecule has 1 unspecified atom stereocenters. The lowest BCUT2D eigenvalue weighted by Gasteiger charge is -2.16. The highest BCUT2D eigenvalue weighted by Crippen LogP contribution is 2.12.